The predicted octanol–water partition coefficient (Wildman–Crippen LogP) is 4.77. The second-order valence-electron chi connectivity index (χ2n) is 5.83. The number of amides is 1. The number of anilines is 1. The molecule has 0 bridgehead atoms. The lowest BCUT2D eigenvalue weighted by molar-refractivity contribution is -0.137. The molecule has 1 fully saturated rings. The van der Waals surface area contributed by atoms with Crippen LogP contribution < -0.4 is 5.32 Å². The van der Waals surface area contributed by atoms with Crippen molar-refractivity contribution in [2.24, 2.45) is 0 Å². The number of hydrogen-bond donors (Lipinski definition) is 1. The van der Waals surface area contributed by atoms with Gasteiger partial charge in [0.25, 0.3) is 0 Å². The fraction of sp³-hybridized carbons (Fsp3) is 0.278. The maximum atomic E-state index is 12.8. The first-order chi connectivity index (χ1) is 10.9. The lowest BCUT2D eigenvalue weighted by Crippen LogP contribution is -2.46. The van der Waals surface area contributed by atoms with Crippen molar-refractivity contribution < 1.29 is 18.0 Å². The Morgan fingerprint density at radius 1 is 1.00 bits per heavy atom. The largest absolute Gasteiger partial charge is 0.416 e. The van der Waals surface area contributed by atoms with Crippen LogP contribution in [0.3, 0.4) is 0 Å². The SMILES string of the molecule is O=C(Nc1cccc(C(F)(F)F)c1)C1(c2ccccc2)CCC1. The summed E-state index contributed by atoms with van der Waals surface area (Å²) >= 11 is 0. The van der Waals surface area contributed by atoms with Crippen LogP contribution in [0.5, 0.6) is 0 Å². The summed E-state index contributed by atoms with van der Waals surface area (Å²) in [6.07, 6.45) is -2.07. The topological polar surface area (TPSA) is 29.1 Å². The van der Waals surface area contributed by atoms with Crippen molar-refractivity contribution in [2.45, 2.75) is 30.9 Å². The molecule has 1 aliphatic carbocycles. The number of halogens is 3. The molecule has 2 aromatic rings. The number of hydrogen-bond acceptors (Lipinski definition) is 1. The van der Waals surface area contributed by atoms with E-state index >= 15 is 0 Å². The van der Waals surface area contributed by atoms with Gasteiger partial charge in [0.2, 0.25) is 5.91 Å². The monoisotopic (exact) mass is 319 g/mol. The van der Waals surface area contributed by atoms with Gasteiger partial charge in [-0.2, -0.15) is 13.2 Å². The van der Waals surface area contributed by atoms with Crippen molar-refractivity contribution in [3.8, 4) is 0 Å². The first kappa shape index (κ1) is 15.6. The molecule has 120 valence electrons. The zero-order valence-corrected chi connectivity index (χ0v) is 12.4. The minimum Gasteiger partial charge on any atom is -0.325 e. The van der Waals surface area contributed by atoms with Crippen molar-refractivity contribution >= 4 is 11.6 Å². The number of nitrogens with one attached hydrogen (secondary N) is 1. The molecule has 0 aliphatic heterocycles. The van der Waals surface area contributed by atoms with E-state index in [2.05, 4.69) is 5.32 Å². The molecule has 1 amide bonds. The highest BCUT2D eigenvalue weighted by Gasteiger charge is 2.45. The number of benzene rings is 2. The highest BCUT2D eigenvalue weighted by Crippen LogP contribution is 2.44. The number of carbonyl (C=O) groups excluding carboxylic acids is 1. The number of rotatable bonds is 3. The average molecular weight is 319 g/mol. The molecule has 0 spiro atoms. The maximum Gasteiger partial charge on any atom is 0.416 e. The van der Waals surface area contributed by atoms with Crippen molar-refractivity contribution in [3.63, 3.8) is 0 Å². The highest BCUT2D eigenvalue weighted by molar-refractivity contribution is 6.00. The molecule has 23 heavy (non-hydrogen) atoms. The van der Waals surface area contributed by atoms with Crippen LogP contribution in [0.1, 0.15) is 30.4 Å². The Balaban J connectivity index is 1.84. The van der Waals surface area contributed by atoms with Gasteiger partial charge in [0.1, 0.15) is 0 Å². The van der Waals surface area contributed by atoms with Gasteiger partial charge < -0.3 is 5.32 Å². The van der Waals surface area contributed by atoms with Crippen molar-refractivity contribution in [2.75, 3.05) is 5.32 Å². The van der Waals surface area contributed by atoms with E-state index in [0.29, 0.717) is 12.8 Å². The van der Waals surface area contributed by atoms with Crippen LogP contribution in [-0.4, -0.2) is 5.91 Å². The highest BCUT2D eigenvalue weighted by atomic mass is 19.4. The second kappa shape index (κ2) is 5.72. The van der Waals surface area contributed by atoms with Gasteiger partial charge in [-0.15, -0.1) is 0 Å². The minimum atomic E-state index is -4.42. The van der Waals surface area contributed by atoms with Gasteiger partial charge in [0.15, 0.2) is 0 Å². The summed E-state index contributed by atoms with van der Waals surface area (Å²) in [4.78, 5) is 12.7. The molecular weight excluding hydrogens is 303 g/mol. The van der Waals surface area contributed by atoms with Crippen LogP contribution in [0.2, 0.25) is 0 Å². The normalized spacial score (nSPS) is 16.5. The Labute approximate surface area is 132 Å². The van der Waals surface area contributed by atoms with Crippen molar-refractivity contribution in [1.29, 1.82) is 0 Å². The molecule has 0 atom stereocenters. The second-order valence-corrected chi connectivity index (χ2v) is 5.83. The third kappa shape index (κ3) is 2.96. The maximum absolute atomic E-state index is 12.8. The minimum absolute atomic E-state index is 0.173. The Bertz CT molecular complexity index is 706. The van der Waals surface area contributed by atoms with Gasteiger partial charge in [0, 0.05) is 5.69 Å². The molecule has 2 nitrogen and oxygen atoms in total. The van der Waals surface area contributed by atoms with Gasteiger partial charge in [-0.1, -0.05) is 42.8 Å². The fourth-order valence-electron chi connectivity index (χ4n) is 2.96. The van der Waals surface area contributed by atoms with E-state index in [4.69, 9.17) is 0 Å². The molecule has 0 saturated heterocycles. The Morgan fingerprint density at radius 2 is 1.70 bits per heavy atom. The molecule has 3 rings (SSSR count). The summed E-state index contributed by atoms with van der Waals surface area (Å²) in [7, 11) is 0. The van der Waals surface area contributed by atoms with E-state index in [1.54, 1.807) is 0 Å². The van der Waals surface area contributed by atoms with E-state index in [0.717, 1.165) is 24.1 Å². The van der Waals surface area contributed by atoms with E-state index in [1.165, 1.54) is 12.1 Å². The molecule has 0 unspecified atom stereocenters. The van der Waals surface area contributed by atoms with Crippen LogP contribution in [0.25, 0.3) is 0 Å². The van der Waals surface area contributed by atoms with Crippen LogP contribution in [-0.2, 0) is 16.4 Å². The summed E-state index contributed by atoms with van der Waals surface area (Å²) < 4.78 is 38.3. The third-order valence-electron chi connectivity index (χ3n) is 4.42. The van der Waals surface area contributed by atoms with Crippen LogP contribution >= 0.6 is 0 Å². The molecule has 2 aromatic carbocycles. The summed E-state index contributed by atoms with van der Waals surface area (Å²) in [6.45, 7) is 0. The molecular formula is C18H16F3NO. The summed E-state index contributed by atoms with van der Waals surface area (Å²) in [5.74, 6) is -0.241. The third-order valence-corrected chi connectivity index (χ3v) is 4.42. The van der Waals surface area contributed by atoms with Gasteiger partial charge in [0.05, 0.1) is 11.0 Å². The first-order valence-electron chi connectivity index (χ1n) is 7.46. The average Bonchev–Trinajstić information content (AvgIpc) is 2.46. The summed E-state index contributed by atoms with van der Waals surface area (Å²) in [5.41, 5.74) is -0.310. The van der Waals surface area contributed by atoms with E-state index in [1.807, 2.05) is 30.3 Å². The summed E-state index contributed by atoms with van der Waals surface area (Å²) in [6, 6.07) is 14.1. The smallest absolute Gasteiger partial charge is 0.325 e. The molecule has 1 N–H and O–H groups in total. The van der Waals surface area contributed by atoms with Gasteiger partial charge >= 0.3 is 6.18 Å². The quantitative estimate of drug-likeness (QED) is 0.868. The lowest BCUT2D eigenvalue weighted by Gasteiger charge is -2.40. The molecule has 0 aromatic heterocycles. The summed E-state index contributed by atoms with van der Waals surface area (Å²) in [5, 5.41) is 2.66. The fourth-order valence-corrected chi connectivity index (χ4v) is 2.96. The molecule has 1 saturated carbocycles. The van der Waals surface area contributed by atoms with E-state index in [-0.39, 0.29) is 11.6 Å². The molecule has 1 aliphatic rings. The van der Waals surface area contributed by atoms with Crippen LogP contribution in [0.15, 0.2) is 54.6 Å². The Kier molecular flexibility index (Phi) is 3.88. The van der Waals surface area contributed by atoms with E-state index < -0.39 is 17.2 Å². The van der Waals surface area contributed by atoms with Crippen molar-refractivity contribution in [3.05, 3.63) is 65.7 Å². The van der Waals surface area contributed by atoms with Gasteiger partial charge in [-0.05, 0) is 36.6 Å². The molecule has 0 radical (unpaired) electrons. The zero-order valence-electron chi connectivity index (χ0n) is 12.4. The molecule has 5 heteroatoms. The lowest BCUT2D eigenvalue weighted by atomic mass is 9.64. The zero-order chi connectivity index (χ0) is 16.5. The Hall–Kier alpha value is -2.30. The van der Waals surface area contributed by atoms with E-state index in [9.17, 15) is 18.0 Å². The standard InChI is InChI=1S/C18H16F3NO/c19-18(20,21)14-8-4-9-15(12-14)22-16(23)17(10-5-11-17)13-6-2-1-3-7-13/h1-4,6-9,12H,5,10-11H2,(H,22,23). The Morgan fingerprint density at radius 3 is 2.26 bits per heavy atom. The number of carbonyl (C=O) groups is 1. The first-order valence-corrected chi connectivity index (χ1v) is 7.46. The van der Waals surface area contributed by atoms with Crippen molar-refractivity contribution in [1.82, 2.24) is 0 Å². The van der Waals surface area contributed by atoms with Crippen LogP contribution in [0.4, 0.5) is 18.9 Å². The van der Waals surface area contributed by atoms with Crippen LogP contribution in [0, 0.1) is 0 Å². The van der Waals surface area contributed by atoms with Gasteiger partial charge in [-0.25, -0.2) is 0 Å². The van der Waals surface area contributed by atoms with Gasteiger partial charge in [-0.3, -0.25) is 4.79 Å². The number of alkyl halides is 3. The molecule has 0 heterocycles. The predicted molar refractivity (Wildman–Crippen MR) is 82.0 cm³/mol.